The van der Waals surface area contributed by atoms with Gasteiger partial charge in [-0.05, 0) is 49.9 Å². The van der Waals surface area contributed by atoms with E-state index < -0.39 is 0 Å². The van der Waals surface area contributed by atoms with Crippen LogP contribution in [-0.4, -0.2) is 18.1 Å². The highest BCUT2D eigenvalue weighted by molar-refractivity contribution is 5.10. The summed E-state index contributed by atoms with van der Waals surface area (Å²) in [7, 11) is 0. The Kier molecular flexibility index (Phi) is 2.87. The second-order valence-corrected chi connectivity index (χ2v) is 7.35. The first-order chi connectivity index (χ1) is 7.30. The molecule has 2 unspecified atom stereocenters. The molecule has 2 fully saturated rings. The van der Waals surface area contributed by atoms with Crippen LogP contribution in [0.25, 0.3) is 0 Å². The maximum absolute atomic E-state index is 6.02. The normalized spacial score (nSPS) is 34.7. The molecular formula is C14H28N2. The summed E-state index contributed by atoms with van der Waals surface area (Å²) in [4.78, 5) is 0. The van der Waals surface area contributed by atoms with Crippen molar-refractivity contribution in [2.45, 2.75) is 71.4 Å². The van der Waals surface area contributed by atoms with Crippen molar-refractivity contribution in [1.29, 1.82) is 0 Å². The Hall–Kier alpha value is -0.0800. The number of nitrogens with two attached hydrogens (primary N) is 1. The van der Waals surface area contributed by atoms with Gasteiger partial charge in [0.25, 0.3) is 0 Å². The predicted octanol–water partition coefficient (Wildman–Crippen LogP) is 2.67. The Balaban J connectivity index is 1.98. The molecule has 0 aromatic heterocycles. The molecule has 0 aromatic rings. The van der Waals surface area contributed by atoms with Gasteiger partial charge in [-0.15, -0.1) is 0 Å². The van der Waals surface area contributed by atoms with E-state index in [4.69, 9.17) is 5.73 Å². The van der Waals surface area contributed by atoms with Gasteiger partial charge in [0.05, 0.1) is 0 Å². The molecule has 2 aliphatic rings. The van der Waals surface area contributed by atoms with E-state index in [1.807, 2.05) is 0 Å². The van der Waals surface area contributed by atoms with Gasteiger partial charge >= 0.3 is 0 Å². The molecule has 0 radical (unpaired) electrons. The van der Waals surface area contributed by atoms with Crippen LogP contribution in [0.5, 0.6) is 0 Å². The van der Waals surface area contributed by atoms with E-state index in [0.717, 1.165) is 6.54 Å². The summed E-state index contributed by atoms with van der Waals surface area (Å²) in [6.45, 7) is 10.2. The molecule has 0 bridgehead atoms. The molecule has 3 N–H and O–H groups in total. The third kappa shape index (κ3) is 2.14. The molecule has 0 saturated heterocycles. The van der Waals surface area contributed by atoms with Gasteiger partial charge < -0.3 is 11.1 Å². The second kappa shape index (κ2) is 3.71. The fourth-order valence-corrected chi connectivity index (χ4v) is 3.23. The van der Waals surface area contributed by atoms with E-state index >= 15 is 0 Å². The molecule has 0 heterocycles. The maximum atomic E-state index is 6.02. The summed E-state index contributed by atoms with van der Waals surface area (Å²) in [5.41, 5.74) is 7.15. The quantitative estimate of drug-likeness (QED) is 0.770. The van der Waals surface area contributed by atoms with Crippen molar-refractivity contribution in [3.8, 4) is 0 Å². The summed E-state index contributed by atoms with van der Waals surface area (Å²) in [5, 5.41) is 3.88. The maximum Gasteiger partial charge on any atom is 0.0331 e. The lowest BCUT2D eigenvalue weighted by molar-refractivity contribution is 0.201. The van der Waals surface area contributed by atoms with Gasteiger partial charge in [0.1, 0.15) is 0 Å². The molecular weight excluding hydrogens is 196 g/mol. The van der Waals surface area contributed by atoms with Crippen LogP contribution in [0.1, 0.15) is 59.8 Å². The van der Waals surface area contributed by atoms with E-state index in [1.165, 1.54) is 32.1 Å². The molecule has 2 atom stereocenters. The highest BCUT2D eigenvalue weighted by Crippen LogP contribution is 2.54. The molecule has 2 saturated carbocycles. The molecule has 2 nitrogen and oxygen atoms in total. The summed E-state index contributed by atoms with van der Waals surface area (Å²) in [6, 6.07) is 0.681. The van der Waals surface area contributed by atoms with E-state index in [-0.39, 0.29) is 5.54 Å². The fourth-order valence-electron chi connectivity index (χ4n) is 3.23. The van der Waals surface area contributed by atoms with E-state index in [1.54, 1.807) is 0 Å². The van der Waals surface area contributed by atoms with Crippen molar-refractivity contribution in [3.05, 3.63) is 0 Å². The third-order valence-corrected chi connectivity index (χ3v) is 5.23. The summed E-state index contributed by atoms with van der Waals surface area (Å²) in [5.74, 6) is 0. The largest absolute Gasteiger partial charge is 0.329 e. The molecule has 0 spiro atoms. The number of hydrogen-bond donors (Lipinski definition) is 2. The first kappa shape index (κ1) is 12.4. The first-order valence-electron chi connectivity index (χ1n) is 6.78. The van der Waals surface area contributed by atoms with Crippen LogP contribution in [0.4, 0.5) is 0 Å². The van der Waals surface area contributed by atoms with Crippen molar-refractivity contribution < 1.29 is 0 Å². The van der Waals surface area contributed by atoms with Crippen LogP contribution < -0.4 is 11.1 Å². The summed E-state index contributed by atoms with van der Waals surface area (Å²) >= 11 is 0. The predicted molar refractivity (Wildman–Crippen MR) is 69.4 cm³/mol. The van der Waals surface area contributed by atoms with Crippen LogP contribution in [0.3, 0.4) is 0 Å². The molecule has 2 rings (SSSR count). The van der Waals surface area contributed by atoms with Gasteiger partial charge in [-0.25, -0.2) is 0 Å². The standard InChI is InChI=1S/C14H28N2/c1-12(2)6-5-11(9-12)16-14(4,10-15)13(3)7-8-13/h11,16H,5-10,15H2,1-4H3. The van der Waals surface area contributed by atoms with Gasteiger partial charge in [-0.3, -0.25) is 0 Å². The van der Waals surface area contributed by atoms with Crippen molar-refractivity contribution in [2.75, 3.05) is 6.54 Å². The monoisotopic (exact) mass is 224 g/mol. The number of hydrogen-bond acceptors (Lipinski definition) is 2. The van der Waals surface area contributed by atoms with E-state index in [2.05, 4.69) is 33.0 Å². The zero-order valence-electron chi connectivity index (χ0n) is 11.4. The van der Waals surface area contributed by atoms with Gasteiger partial charge in [-0.1, -0.05) is 20.8 Å². The van der Waals surface area contributed by atoms with Crippen LogP contribution in [0.15, 0.2) is 0 Å². The Labute approximate surface area is 100 Å². The van der Waals surface area contributed by atoms with Crippen LogP contribution in [-0.2, 0) is 0 Å². The SMILES string of the molecule is CC1(C)CCC(NC(C)(CN)C2(C)CC2)C1. The van der Waals surface area contributed by atoms with Gasteiger partial charge in [-0.2, -0.15) is 0 Å². The molecule has 0 aliphatic heterocycles. The second-order valence-electron chi connectivity index (χ2n) is 7.35. The van der Waals surface area contributed by atoms with Crippen molar-refractivity contribution in [2.24, 2.45) is 16.6 Å². The van der Waals surface area contributed by atoms with Crippen LogP contribution in [0.2, 0.25) is 0 Å². The average Bonchev–Trinajstić information content (AvgIpc) is 2.86. The third-order valence-electron chi connectivity index (χ3n) is 5.23. The zero-order chi connectivity index (χ0) is 12.0. The fraction of sp³-hybridized carbons (Fsp3) is 1.00. The molecule has 0 aromatic carbocycles. The highest BCUT2D eigenvalue weighted by Gasteiger charge is 2.53. The zero-order valence-corrected chi connectivity index (χ0v) is 11.4. The lowest BCUT2D eigenvalue weighted by Gasteiger charge is -2.39. The lowest BCUT2D eigenvalue weighted by atomic mass is 9.82. The van der Waals surface area contributed by atoms with Gasteiger partial charge in [0.2, 0.25) is 0 Å². The molecule has 2 aliphatic carbocycles. The average molecular weight is 224 g/mol. The van der Waals surface area contributed by atoms with Crippen LogP contribution in [0, 0.1) is 10.8 Å². The Morgan fingerprint density at radius 2 is 1.88 bits per heavy atom. The van der Waals surface area contributed by atoms with E-state index in [9.17, 15) is 0 Å². The summed E-state index contributed by atoms with van der Waals surface area (Å²) < 4.78 is 0. The number of nitrogens with one attached hydrogen (secondary N) is 1. The van der Waals surface area contributed by atoms with Crippen molar-refractivity contribution in [1.82, 2.24) is 5.32 Å². The topological polar surface area (TPSA) is 38.0 Å². The van der Waals surface area contributed by atoms with E-state index in [0.29, 0.717) is 16.9 Å². The smallest absolute Gasteiger partial charge is 0.0331 e. The number of rotatable bonds is 4. The van der Waals surface area contributed by atoms with Crippen molar-refractivity contribution in [3.63, 3.8) is 0 Å². The van der Waals surface area contributed by atoms with Crippen molar-refractivity contribution >= 4 is 0 Å². The minimum absolute atomic E-state index is 0.151. The minimum Gasteiger partial charge on any atom is -0.329 e. The Bertz CT molecular complexity index is 268. The molecule has 0 amide bonds. The Morgan fingerprint density at radius 3 is 2.25 bits per heavy atom. The lowest BCUT2D eigenvalue weighted by Crippen LogP contribution is -2.57. The summed E-state index contributed by atoms with van der Waals surface area (Å²) in [6.07, 6.45) is 6.65. The molecule has 94 valence electrons. The van der Waals surface area contributed by atoms with Gasteiger partial charge in [0.15, 0.2) is 0 Å². The van der Waals surface area contributed by atoms with Gasteiger partial charge in [0, 0.05) is 18.1 Å². The van der Waals surface area contributed by atoms with Crippen LogP contribution >= 0.6 is 0 Å². The first-order valence-corrected chi connectivity index (χ1v) is 6.78. The highest BCUT2D eigenvalue weighted by atomic mass is 15.1. The molecule has 16 heavy (non-hydrogen) atoms. The minimum atomic E-state index is 0.151. The molecule has 2 heteroatoms. The Morgan fingerprint density at radius 1 is 1.25 bits per heavy atom.